The molecule has 9 heteroatoms. The first-order chi connectivity index (χ1) is 10.6. The second-order valence-corrected chi connectivity index (χ2v) is 5.70. The third-order valence-electron chi connectivity index (χ3n) is 4.42. The number of hydrogen-bond donors (Lipinski definition) is 0. The van der Waals surface area contributed by atoms with Crippen molar-refractivity contribution in [3.63, 3.8) is 0 Å². The lowest BCUT2D eigenvalue weighted by Gasteiger charge is -2.33. The normalized spacial score (nSPS) is 25.6. The van der Waals surface area contributed by atoms with Gasteiger partial charge in [-0.05, 0) is 18.0 Å². The van der Waals surface area contributed by atoms with Gasteiger partial charge in [0.1, 0.15) is 6.20 Å². The molecule has 9 nitrogen and oxygen atoms in total. The second-order valence-electron chi connectivity index (χ2n) is 5.70. The van der Waals surface area contributed by atoms with Crippen LogP contribution in [0.2, 0.25) is 0 Å². The minimum Gasteiger partial charge on any atom is -0.373 e. The third-order valence-corrected chi connectivity index (χ3v) is 4.42. The van der Waals surface area contributed by atoms with Gasteiger partial charge in [0.05, 0.1) is 18.8 Å². The Hall–Kier alpha value is -2.26. The highest BCUT2D eigenvalue weighted by Crippen LogP contribution is 2.26. The lowest BCUT2D eigenvalue weighted by atomic mass is 10.1. The lowest BCUT2D eigenvalue weighted by Crippen LogP contribution is -2.48. The third kappa shape index (κ3) is 2.01. The summed E-state index contributed by atoms with van der Waals surface area (Å²) < 4.78 is 7.10. The van der Waals surface area contributed by atoms with Gasteiger partial charge < -0.3 is 19.8 Å². The number of imidazole rings is 1. The van der Waals surface area contributed by atoms with E-state index in [0.29, 0.717) is 17.5 Å². The fourth-order valence-electron chi connectivity index (χ4n) is 3.19. The van der Waals surface area contributed by atoms with Crippen molar-refractivity contribution in [2.24, 2.45) is 0 Å². The predicted octanol–water partition coefficient (Wildman–Crippen LogP) is 0.157. The fraction of sp³-hybridized carbons (Fsp3) is 0.538. The molecule has 2 saturated heterocycles. The molecule has 2 fully saturated rings. The van der Waals surface area contributed by atoms with Crippen molar-refractivity contribution in [2.45, 2.75) is 12.1 Å². The van der Waals surface area contributed by atoms with Gasteiger partial charge in [0, 0.05) is 25.7 Å². The van der Waals surface area contributed by atoms with Crippen molar-refractivity contribution in [2.75, 3.05) is 38.2 Å². The van der Waals surface area contributed by atoms with Gasteiger partial charge in [0.15, 0.2) is 5.82 Å². The van der Waals surface area contributed by atoms with Crippen molar-refractivity contribution >= 4 is 17.3 Å². The summed E-state index contributed by atoms with van der Waals surface area (Å²) in [6.07, 6.45) is 1.39. The van der Waals surface area contributed by atoms with E-state index in [1.807, 2.05) is 6.07 Å². The molecule has 2 unspecified atom stereocenters. The van der Waals surface area contributed by atoms with E-state index in [0.717, 1.165) is 26.2 Å². The van der Waals surface area contributed by atoms with Crippen LogP contribution < -0.4 is 4.90 Å². The van der Waals surface area contributed by atoms with Crippen LogP contribution in [0.1, 0.15) is 0 Å². The average molecular weight is 304 g/mol. The molecule has 0 aromatic carbocycles. The summed E-state index contributed by atoms with van der Waals surface area (Å²) in [5, 5.41) is 15.4. The molecular weight excluding hydrogens is 288 g/mol. The maximum atomic E-state index is 11.0. The van der Waals surface area contributed by atoms with Crippen molar-refractivity contribution in [1.82, 2.24) is 19.5 Å². The number of aromatic nitrogens is 3. The number of anilines is 1. The Labute approximate surface area is 126 Å². The van der Waals surface area contributed by atoms with Gasteiger partial charge in [-0.1, -0.05) is 9.61 Å². The van der Waals surface area contributed by atoms with Crippen LogP contribution in [0, 0.1) is 10.1 Å². The molecule has 2 aromatic rings. The molecular formula is C13H16N6O3. The van der Waals surface area contributed by atoms with Crippen LogP contribution in [0.3, 0.4) is 0 Å². The molecule has 4 heterocycles. The summed E-state index contributed by atoms with van der Waals surface area (Å²) in [6, 6.07) is 3.94. The second kappa shape index (κ2) is 4.89. The first-order valence-corrected chi connectivity index (χ1v) is 7.19. The summed E-state index contributed by atoms with van der Waals surface area (Å²) in [6.45, 7) is 3.22. The molecule has 2 aliphatic rings. The van der Waals surface area contributed by atoms with Gasteiger partial charge in [0.2, 0.25) is 5.65 Å². The van der Waals surface area contributed by atoms with Crippen LogP contribution in [0.4, 0.5) is 11.6 Å². The van der Waals surface area contributed by atoms with Crippen LogP contribution in [0.25, 0.3) is 5.65 Å². The first-order valence-electron chi connectivity index (χ1n) is 7.19. The van der Waals surface area contributed by atoms with E-state index >= 15 is 0 Å². The van der Waals surface area contributed by atoms with E-state index < -0.39 is 4.92 Å². The predicted molar refractivity (Wildman–Crippen MR) is 78.0 cm³/mol. The molecule has 0 bridgehead atoms. The quantitative estimate of drug-likeness (QED) is 0.576. The van der Waals surface area contributed by atoms with E-state index in [4.69, 9.17) is 4.74 Å². The van der Waals surface area contributed by atoms with Crippen molar-refractivity contribution in [3.8, 4) is 0 Å². The summed E-state index contributed by atoms with van der Waals surface area (Å²) in [5.41, 5.74) is 0.473. The summed E-state index contributed by atoms with van der Waals surface area (Å²) in [5.74, 6) is 0.585. The first kappa shape index (κ1) is 13.4. The Balaban J connectivity index is 1.67. The molecule has 0 spiro atoms. The molecule has 0 aliphatic carbocycles. The summed E-state index contributed by atoms with van der Waals surface area (Å²) in [7, 11) is 2.10. The van der Waals surface area contributed by atoms with Crippen LogP contribution in [-0.2, 0) is 4.74 Å². The Bertz CT molecular complexity index is 732. The number of fused-ring (bicyclic) bond motifs is 2. The van der Waals surface area contributed by atoms with E-state index in [-0.39, 0.29) is 11.9 Å². The number of likely N-dealkylation sites (N-methyl/N-ethyl adjacent to an activating group) is 1. The SMILES string of the molecule is CN1CCOC2CN(c3ccc4ncc([N+](=O)[O-])n4n3)CC21. The minimum atomic E-state index is -0.475. The lowest BCUT2D eigenvalue weighted by molar-refractivity contribution is -0.391. The molecule has 0 radical (unpaired) electrons. The van der Waals surface area contributed by atoms with Crippen LogP contribution in [-0.4, -0.2) is 69.9 Å². The molecule has 0 saturated carbocycles. The van der Waals surface area contributed by atoms with Crippen molar-refractivity contribution < 1.29 is 9.66 Å². The van der Waals surface area contributed by atoms with Gasteiger partial charge in [-0.15, -0.1) is 0 Å². The topological polar surface area (TPSA) is 89.0 Å². The van der Waals surface area contributed by atoms with Gasteiger partial charge in [-0.25, -0.2) is 4.98 Å². The highest BCUT2D eigenvalue weighted by Gasteiger charge is 2.39. The smallest absolute Gasteiger partial charge is 0.368 e. The molecule has 2 atom stereocenters. The zero-order chi connectivity index (χ0) is 15.3. The molecule has 2 aromatic heterocycles. The maximum absolute atomic E-state index is 11.0. The number of morpholine rings is 1. The monoisotopic (exact) mass is 304 g/mol. The Morgan fingerprint density at radius 3 is 3.05 bits per heavy atom. The summed E-state index contributed by atoms with van der Waals surface area (Å²) >= 11 is 0. The van der Waals surface area contributed by atoms with Crippen LogP contribution in [0.5, 0.6) is 0 Å². The number of nitrogens with zero attached hydrogens (tertiary/aromatic N) is 6. The Morgan fingerprint density at radius 1 is 1.41 bits per heavy atom. The standard InChI is InChI=1S/C13H16N6O3/c1-16-4-5-22-10-8-17(7-9(10)16)12-3-2-11-14-6-13(19(20)21)18(11)15-12/h2-3,6,9-10H,4-5,7-8H2,1H3. The number of hydrogen-bond acceptors (Lipinski definition) is 7. The Morgan fingerprint density at radius 2 is 2.27 bits per heavy atom. The zero-order valence-electron chi connectivity index (χ0n) is 12.1. The average Bonchev–Trinajstić information content (AvgIpc) is 3.11. The van der Waals surface area contributed by atoms with Gasteiger partial charge in [-0.2, -0.15) is 0 Å². The Kier molecular flexibility index (Phi) is 2.98. The number of ether oxygens (including phenoxy) is 1. The maximum Gasteiger partial charge on any atom is 0.368 e. The highest BCUT2D eigenvalue weighted by molar-refractivity contribution is 5.50. The van der Waals surface area contributed by atoms with E-state index in [2.05, 4.69) is 26.9 Å². The van der Waals surface area contributed by atoms with E-state index in [9.17, 15) is 10.1 Å². The van der Waals surface area contributed by atoms with Crippen LogP contribution in [0.15, 0.2) is 18.3 Å². The fourth-order valence-corrected chi connectivity index (χ4v) is 3.19. The van der Waals surface area contributed by atoms with Gasteiger partial charge in [0.25, 0.3) is 0 Å². The van der Waals surface area contributed by atoms with Crippen molar-refractivity contribution in [1.29, 1.82) is 0 Å². The molecule has 22 heavy (non-hydrogen) atoms. The molecule has 0 N–H and O–H groups in total. The molecule has 116 valence electrons. The van der Waals surface area contributed by atoms with Crippen molar-refractivity contribution in [3.05, 3.63) is 28.4 Å². The zero-order valence-corrected chi connectivity index (χ0v) is 12.1. The van der Waals surface area contributed by atoms with E-state index in [1.165, 1.54) is 10.7 Å². The largest absolute Gasteiger partial charge is 0.373 e. The minimum absolute atomic E-state index is 0.123. The van der Waals surface area contributed by atoms with Gasteiger partial charge >= 0.3 is 5.82 Å². The van der Waals surface area contributed by atoms with Gasteiger partial charge in [-0.3, -0.25) is 4.90 Å². The summed E-state index contributed by atoms with van der Waals surface area (Å²) in [4.78, 5) is 19.0. The van der Waals surface area contributed by atoms with E-state index in [1.54, 1.807) is 6.07 Å². The molecule has 4 rings (SSSR count). The molecule has 0 amide bonds. The van der Waals surface area contributed by atoms with Crippen LogP contribution >= 0.6 is 0 Å². The highest BCUT2D eigenvalue weighted by atomic mass is 16.6. The number of nitro groups is 1. The molecule has 2 aliphatic heterocycles. The number of rotatable bonds is 2.